The fraction of sp³-hybridized carbons (Fsp3) is 0.222. The number of ether oxygens (including phenoxy) is 1. The monoisotopic (exact) mass is 341 g/mol. The highest BCUT2D eigenvalue weighted by Crippen LogP contribution is 2.43. The second kappa shape index (κ2) is 6.18. The van der Waals surface area contributed by atoms with Crippen LogP contribution in [0.15, 0.2) is 47.1 Å². The van der Waals surface area contributed by atoms with Gasteiger partial charge in [0.15, 0.2) is 11.5 Å². The summed E-state index contributed by atoms with van der Waals surface area (Å²) in [7, 11) is 1.56. The van der Waals surface area contributed by atoms with Gasteiger partial charge in [-0.3, -0.25) is 9.89 Å². The molecule has 0 aliphatic carbocycles. The van der Waals surface area contributed by atoms with Gasteiger partial charge in [-0.1, -0.05) is 18.2 Å². The Morgan fingerprint density at radius 1 is 1.32 bits per heavy atom. The molecule has 3 aromatic rings. The van der Waals surface area contributed by atoms with Crippen molar-refractivity contribution in [2.75, 3.05) is 20.3 Å². The summed E-state index contributed by atoms with van der Waals surface area (Å²) < 4.78 is 25.1. The Kier molecular flexibility index (Phi) is 3.85. The highest BCUT2D eigenvalue weighted by atomic mass is 19.1. The molecule has 0 saturated heterocycles. The number of nitrogens with one attached hydrogen (secondary N) is 1. The van der Waals surface area contributed by atoms with E-state index < -0.39 is 6.04 Å². The minimum absolute atomic E-state index is 0.255. The lowest BCUT2D eigenvalue weighted by Crippen LogP contribution is -2.33. The van der Waals surface area contributed by atoms with E-state index in [1.54, 1.807) is 48.6 Å². The Labute approximate surface area is 143 Å². The molecule has 6 nitrogen and oxygen atoms in total. The maximum absolute atomic E-state index is 14.5. The molecule has 2 aromatic heterocycles. The van der Waals surface area contributed by atoms with Crippen LogP contribution in [0.3, 0.4) is 0 Å². The number of methoxy groups -OCH3 is 1. The van der Waals surface area contributed by atoms with Crippen LogP contribution in [0.25, 0.3) is 11.5 Å². The lowest BCUT2D eigenvalue weighted by Gasteiger charge is -2.26. The van der Waals surface area contributed by atoms with Crippen LogP contribution >= 0.6 is 0 Å². The van der Waals surface area contributed by atoms with Crippen molar-refractivity contribution in [1.82, 2.24) is 15.1 Å². The SMILES string of the molecule is COCCN1C(=O)c2n[nH]c(-c3ccco3)c2C1c1ccccc1F. The molecule has 25 heavy (non-hydrogen) atoms. The highest BCUT2D eigenvalue weighted by molar-refractivity contribution is 5.99. The summed E-state index contributed by atoms with van der Waals surface area (Å²) in [5.74, 6) is -0.0759. The zero-order valence-electron chi connectivity index (χ0n) is 13.5. The summed E-state index contributed by atoms with van der Waals surface area (Å²) in [6.07, 6.45) is 1.54. The number of rotatable bonds is 5. The number of benzene rings is 1. The van der Waals surface area contributed by atoms with Gasteiger partial charge in [-0.2, -0.15) is 5.10 Å². The first-order valence-electron chi connectivity index (χ1n) is 7.89. The number of H-pyrrole nitrogens is 1. The van der Waals surface area contributed by atoms with E-state index in [9.17, 15) is 9.18 Å². The number of aromatic amines is 1. The first-order valence-corrected chi connectivity index (χ1v) is 7.89. The fourth-order valence-electron chi connectivity index (χ4n) is 3.24. The zero-order chi connectivity index (χ0) is 17.4. The molecule has 3 heterocycles. The van der Waals surface area contributed by atoms with Gasteiger partial charge in [0.05, 0.1) is 18.9 Å². The van der Waals surface area contributed by atoms with Crippen molar-refractivity contribution in [2.45, 2.75) is 6.04 Å². The minimum atomic E-state index is -0.585. The zero-order valence-corrected chi connectivity index (χ0v) is 13.5. The van der Waals surface area contributed by atoms with E-state index in [0.29, 0.717) is 35.7 Å². The van der Waals surface area contributed by atoms with Crippen molar-refractivity contribution in [3.63, 3.8) is 0 Å². The number of carbonyl (C=O) groups excluding carboxylic acids is 1. The van der Waals surface area contributed by atoms with E-state index >= 15 is 0 Å². The molecule has 1 unspecified atom stereocenters. The molecular formula is C18H16FN3O3. The first kappa shape index (κ1) is 15.6. The lowest BCUT2D eigenvalue weighted by atomic mass is 9.97. The predicted molar refractivity (Wildman–Crippen MR) is 87.4 cm³/mol. The van der Waals surface area contributed by atoms with Crippen LogP contribution in [0.5, 0.6) is 0 Å². The molecule has 1 atom stereocenters. The molecule has 0 bridgehead atoms. The third-order valence-corrected chi connectivity index (χ3v) is 4.36. The first-order chi connectivity index (χ1) is 12.2. The summed E-state index contributed by atoms with van der Waals surface area (Å²) in [5.41, 5.74) is 1.92. The normalized spacial score (nSPS) is 16.5. The maximum Gasteiger partial charge on any atom is 0.275 e. The number of hydrogen-bond acceptors (Lipinski definition) is 4. The van der Waals surface area contributed by atoms with Gasteiger partial charge >= 0.3 is 0 Å². The number of nitrogens with zero attached hydrogens (tertiary/aromatic N) is 2. The second-order valence-corrected chi connectivity index (χ2v) is 5.75. The Morgan fingerprint density at radius 3 is 2.88 bits per heavy atom. The van der Waals surface area contributed by atoms with E-state index in [0.717, 1.165) is 0 Å². The molecule has 0 saturated carbocycles. The summed E-state index contributed by atoms with van der Waals surface area (Å²) in [6, 6.07) is 9.38. The molecule has 1 N–H and O–H groups in total. The fourth-order valence-corrected chi connectivity index (χ4v) is 3.24. The highest BCUT2D eigenvalue weighted by Gasteiger charge is 2.43. The number of amides is 1. The van der Waals surface area contributed by atoms with Crippen molar-refractivity contribution in [3.05, 3.63) is 65.3 Å². The van der Waals surface area contributed by atoms with Crippen LogP contribution in [0, 0.1) is 5.82 Å². The van der Waals surface area contributed by atoms with Crippen LogP contribution in [-0.4, -0.2) is 41.3 Å². The van der Waals surface area contributed by atoms with Gasteiger partial charge in [-0.05, 0) is 18.2 Å². The Balaban J connectivity index is 1.88. The number of hydrogen-bond donors (Lipinski definition) is 1. The number of carbonyl (C=O) groups is 1. The topological polar surface area (TPSA) is 71.4 Å². The van der Waals surface area contributed by atoms with Gasteiger partial charge in [0.25, 0.3) is 5.91 Å². The van der Waals surface area contributed by atoms with Crippen molar-refractivity contribution < 1.29 is 18.3 Å². The average Bonchev–Trinajstić information content (AvgIpc) is 3.32. The molecule has 0 fully saturated rings. The third kappa shape index (κ3) is 2.44. The van der Waals surface area contributed by atoms with Crippen LogP contribution in [-0.2, 0) is 4.74 Å². The van der Waals surface area contributed by atoms with Gasteiger partial charge in [0.2, 0.25) is 0 Å². The van der Waals surface area contributed by atoms with E-state index in [-0.39, 0.29) is 17.4 Å². The van der Waals surface area contributed by atoms with Gasteiger partial charge in [-0.15, -0.1) is 0 Å². The summed E-state index contributed by atoms with van der Waals surface area (Å²) in [6.45, 7) is 0.684. The predicted octanol–water partition coefficient (Wildman–Crippen LogP) is 3.00. The molecule has 1 aliphatic heterocycles. The van der Waals surface area contributed by atoms with Crippen LogP contribution in [0.4, 0.5) is 4.39 Å². The third-order valence-electron chi connectivity index (χ3n) is 4.36. The summed E-state index contributed by atoms with van der Waals surface area (Å²) in [4.78, 5) is 14.4. The van der Waals surface area contributed by atoms with Crippen LogP contribution in [0.2, 0.25) is 0 Å². The Hall–Kier alpha value is -2.93. The average molecular weight is 341 g/mol. The van der Waals surface area contributed by atoms with Crippen LogP contribution < -0.4 is 0 Å². The standard InChI is InChI=1S/C18H16FN3O3/c1-24-10-8-22-17(11-5-2-3-6-12(11)19)14-15(13-7-4-9-25-13)20-21-16(14)18(22)23/h2-7,9,17H,8,10H2,1H3,(H,20,21). The minimum Gasteiger partial charge on any atom is -0.463 e. The molecule has 128 valence electrons. The quantitative estimate of drug-likeness (QED) is 0.774. The largest absolute Gasteiger partial charge is 0.463 e. The second-order valence-electron chi connectivity index (χ2n) is 5.75. The maximum atomic E-state index is 14.5. The van der Waals surface area contributed by atoms with E-state index in [2.05, 4.69) is 10.2 Å². The molecule has 4 rings (SSSR count). The molecule has 0 radical (unpaired) electrons. The smallest absolute Gasteiger partial charge is 0.275 e. The van der Waals surface area contributed by atoms with Gasteiger partial charge in [0.1, 0.15) is 11.5 Å². The Bertz CT molecular complexity index is 904. The number of aromatic nitrogens is 2. The molecule has 1 aliphatic rings. The summed E-state index contributed by atoms with van der Waals surface area (Å²) >= 11 is 0. The molecule has 1 aromatic carbocycles. The van der Waals surface area contributed by atoms with Crippen molar-refractivity contribution in [1.29, 1.82) is 0 Å². The van der Waals surface area contributed by atoms with Gasteiger partial charge in [-0.25, -0.2) is 4.39 Å². The summed E-state index contributed by atoms with van der Waals surface area (Å²) in [5, 5.41) is 7.02. The van der Waals surface area contributed by atoms with Gasteiger partial charge in [0, 0.05) is 24.8 Å². The lowest BCUT2D eigenvalue weighted by molar-refractivity contribution is 0.0675. The van der Waals surface area contributed by atoms with Crippen molar-refractivity contribution in [3.8, 4) is 11.5 Å². The van der Waals surface area contributed by atoms with Crippen LogP contribution in [0.1, 0.15) is 27.7 Å². The molecule has 0 spiro atoms. The Morgan fingerprint density at radius 2 is 2.16 bits per heavy atom. The van der Waals surface area contributed by atoms with Crippen molar-refractivity contribution in [2.24, 2.45) is 0 Å². The van der Waals surface area contributed by atoms with E-state index in [1.807, 2.05) is 0 Å². The van der Waals surface area contributed by atoms with E-state index in [4.69, 9.17) is 9.15 Å². The van der Waals surface area contributed by atoms with Crippen molar-refractivity contribution >= 4 is 5.91 Å². The number of halogens is 1. The molecular weight excluding hydrogens is 325 g/mol. The molecule has 1 amide bonds. The molecule has 7 heteroatoms. The van der Waals surface area contributed by atoms with Gasteiger partial charge < -0.3 is 14.1 Å². The number of fused-ring (bicyclic) bond motifs is 1. The number of furan rings is 1. The van der Waals surface area contributed by atoms with E-state index in [1.165, 1.54) is 6.07 Å².